The Bertz CT molecular complexity index is 27.0. The van der Waals surface area contributed by atoms with Gasteiger partial charge in [-0.25, -0.2) is 0 Å². The summed E-state index contributed by atoms with van der Waals surface area (Å²) in [5.74, 6) is -0.833. The second-order valence-electron chi connectivity index (χ2n) is 0.519. The van der Waals surface area contributed by atoms with Gasteiger partial charge in [-0.15, -0.1) is 0 Å². The molecule has 0 aromatic carbocycles. The maximum Gasteiger partial charge on any atom is 0.300 e. The lowest BCUT2D eigenvalue weighted by molar-refractivity contribution is -0.134. The second kappa shape index (κ2) is 0.875. The Morgan fingerprint density at radius 2 is 2.00 bits per heavy atom. The van der Waals surface area contributed by atoms with E-state index in [4.69, 9.17) is 9.90 Å². The Hall–Kier alpha value is -0.530. The summed E-state index contributed by atoms with van der Waals surface area (Å²) in [6.45, 7) is 1.08. The van der Waals surface area contributed by atoms with Crippen LogP contribution >= 0.6 is 0 Å². The van der Waals surface area contributed by atoms with Crippen molar-refractivity contribution in [2.45, 2.75) is 6.92 Å². The van der Waals surface area contributed by atoms with Crippen molar-refractivity contribution in [2.24, 2.45) is 0 Å². The van der Waals surface area contributed by atoms with E-state index in [1.54, 1.807) is 0 Å². The summed E-state index contributed by atoms with van der Waals surface area (Å²) in [7, 11) is 0. The van der Waals surface area contributed by atoms with Gasteiger partial charge in [0, 0.05) is 6.92 Å². The van der Waals surface area contributed by atoms with Crippen LogP contribution < -0.4 is 0 Å². The van der Waals surface area contributed by atoms with E-state index in [2.05, 4.69) is 0 Å². The molecule has 0 bridgehead atoms. The number of aliphatic carboxylic acids is 1. The zero-order valence-corrected chi connectivity index (χ0v) is 2.36. The zero-order valence-electron chi connectivity index (χ0n) is 2.36. The Labute approximate surface area is 24.1 Å². The van der Waals surface area contributed by atoms with Crippen molar-refractivity contribution in [1.82, 2.24) is 0 Å². The molecule has 0 aromatic rings. The molecule has 0 amide bonds. The third-order valence-corrected chi connectivity index (χ3v) is 0. The highest BCUT2D eigenvalue weighted by molar-refractivity contribution is 5.62. The summed E-state index contributed by atoms with van der Waals surface area (Å²) in [4.78, 5) is 9.00. The molecule has 2 heteroatoms. The molecule has 0 aliphatic heterocycles. The predicted molar refractivity (Wildman–Crippen MR) is 13.3 cm³/mol. The van der Waals surface area contributed by atoms with Crippen molar-refractivity contribution in [1.29, 1.82) is 0 Å². The first-order valence-corrected chi connectivity index (χ1v) is 0.928. The third-order valence-electron chi connectivity index (χ3n) is 0. The monoisotopic (exact) mass is 57.1 g/mol. The molecule has 0 radical (unpaired) electrons. The van der Waals surface area contributed by atoms with E-state index in [-0.39, 0.29) is 0 Å². The summed E-state index contributed by atoms with van der Waals surface area (Å²) in [6, 6.07) is 0. The molecule has 1 N–H and O–H groups in total. The minimum atomic E-state index is -0.833. The molecule has 24 valence electrons. The highest BCUT2D eigenvalue weighted by atomic mass is 16.2. The molecule has 0 heterocycles. The van der Waals surface area contributed by atoms with Crippen LogP contribution in [0.25, 0.3) is 0 Å². The molecule has 0 saturated carbocycles. The van der Waals surface area contributed by atoms with E-state index in [0.29, 0.717) is 0 Å². The van der Waals surface area contributed by atoms with Crippen LogP contribution in [0.1, 0.15) is 6.92 Å². The van der Waals surface area contributed by atoms with Gasteiger partial charge in [-0.05, 0) is 0 Å². The predicted octanol–water partition coefficient (Wildman–Crippen LogP) is 0.0909. The van der Waals surface area contributed by atoms with Gasteiger partial charge in [0.2, 0.25) is 0 Å². The van der Waals surface area contributed by atoms with E-state index in [0.717, 1.165) is 6.92 Å². The smallest absolute Gasteiger partial charge is 0.300 e. The number of hydrogen-bond acceptors (Lipinski definition) is 1. The molecule has 0 rings (SSSR count). The molecule has 0 fully saturated rings. The summed E-state index contributed by atoms with van der Waals surface area (Å²) in [6.07, 6.45) is 0. The number of carboxylic acids is 1. The van der Waals surface area contributed by atoms with Crippen LogP contribution in [0.4, 0.5) is 0 Å². The average molecular weight is 57.1 g/mol. The van der Waals surface area contributed by atoms with E-state index < -0.39 is 5.97 Å². The van der Waals surface area contributed by atoms with Crippen LogP contribution in [0, 0.1) is 0 Å². The minimum Gasteiger partial charge on any atom is -0.481 e. The van der Waals surface area contributed by atoms with Crippen LogP contribution in [0.3, 0.4) is 0 Å². The molecular weight excluding hydrogens is 53.0 g/mol. The van der Waals surface area contributed by atoms with Crippen molar-refractivity contribution in [2.75, 3.05) is 0 Å². The number of carboxylic acid groups (broad SMARTS) is 1. The van der Waals surface area contributed by atoms with Crippen LogP contribution in [0.2, 0.25) is 0 Å². The van der Waals surface area contributed by atoms with Gasteiger partial charge in [0.15, 0.2) is 0 Å². The normalized spacial score (nSPS) is 6.25. The van der Waals surface area contributed by atoms with Gasteiger partial charge in [-0.3, -0.25) is 4.79 Å². The highest BCUT2D eigenvalue weighted by Crippen LogP contribution is 1.42. The van der Waals surface area contributed by atoms with Gasteiger partial charge in [-0.2, -0.15) is 0 Å². The molecule has 0 saturated heterocycles. The maximum absolute atomic E-state index is 9.00. The molecule has 4 heavy (non-hydrogen) atoms. The molecule has 0 aromatic heterocycles. The highest BCUT2D eigenvalue weighted by Gasteiger charge is 1.65. The molecule has 0 unspecified atom stereocenters. The van der Waals surface area contributed by atoms with Crippen molar-refractivity contribution >= 4 is 5.97 Å². The Morgan fingerprint density at radius 3 is 2.00 bits per heavy atom. The van der Waals surface area contributed by atoms with E-state index in [9.17, 15) is 0 Å². The molecule has 2 nitrogen and oxygen atoms in total. The van der Waals surface area contributed by atoms with Gasteiger partial charge in [0.05, 0.1) is 0 Å². The lowest BCUT2D eigenvalue weighted by Crippen LogP contribution is -1.78. The van der Waals surface area contributed by atoms with Crippen molar-refractivity contribution in [3.63, 3.8) is 0 Å². The van der Waals surface area contributed by atoms with Gasteiger partial charge >= 0.3 is 0 Å². The van der Waals surface area contributed by atoms with Gasteiger partial charge in [0.1, 0.15) is 0 Å². The topological polar surface area (TPSA) is 37.3 Å². The SMILES string of the molecule is C[9C](=O)O. The number of carbonyl (C=O) groups is 1. The summed E-state index contributed by atoms with van der Waals surface area (Å²) in [5.41, 5.74) is 0. The van der Waals surface area contributed by atoms with Crippen molar-refractivity contribution < 1.29 is 9.90 Å². The third kappa shape index (κ3) is 1.16. The van der Waals surface area contributed by atoms with Gasteiger partial charge < -0.3 is 5.11 Å². The quantitative estimate of drug-likeness (QED) is 0.428. The summed E-state index contributed by atoms with van der Waals surface area (Å²) in [5, 5.41) is 7.42. The van der Waals surface area contributed by atoms with Crippen LogP contribution in [0.5, 0.6) is 0 Å². The van der Waals surface area contributed by atoms with Crippen LogP contribution in [-0.2, 0) is 4.79 Å². The first kappa shape index (κ1) is 3.47. The summed E-state index contributed by atoms with van der Waals surface area (Å²) >= 11 is 0. The molecule has 0 aliphatic carbocycles. The average Bonchev–Trinajstić information content (AvgIpc) is 0.811. The van der Waals surface area contributed by atoms with E-state index >= 15 is 0 Å². The fraction of sp³-hybridized carbons (Fsp3) is 0.500. The van der Waals surface area contributed by atoms with Crippen molar-refractivity contribution in [3.8, 4) is 0 Å². The van der Waals surface area contributed by atoms with E-state index in [1.807, 2.05) is 0 Å². The molecule has 0 aliphatic rings. The lowest BCUT2D eigenvalue weighted by atomic mass is 8.54. The van der Waals surface area contributed by atoms with Crippen LogP contribution in [-0.4, -0.2) is 11.1 Å². The first-order chi connectivity index (χ1) is 1.73. The van der Waals surface area contributed by atoms with Gasteiger partial charge in [-0.1, -0.05) is 0 Å². The number of hydrogen-bond donors (Lipinski definition) is 1. The number of rotatable bonds is 0. The maximum atomic E-state index is 9.00. The van der Waals surface area contributed by atoms with E-state index in [1.165, 1.54) is 0 Å². The summed E-state index contributed by atoms with van der Waals surface area (Å²) < 4.78 is 0. The lowest BCUT2D eigenvalue weighted by Gasteiger charge is -1.59. The van der Waals surface area contributed by atoms with Gasteiger partial charge in [0.25, 0.3) is 5.97 Å². The minimum absolute atomic E-state index is 0.833. The second-order valence-corrected chi connectivity index (χ2v) is 0.519. The molecule has 0 atom stereocenters. The zero-order chi connectivity index (χ0) is 3.58. The Morgan fingerprint density at radius 1 is 2.00 bits per heavy atom. The van der Waals surface area contributed by atoms with Crippen LogP contribution in [0.15, 0.2) is 0 Å². The fourth-order valence-corrected chi connectivity index (χ4v) is 0. The Balaban J connectivity index is 2.80. The van der Waals surface area contributed by atoms with Crippen molar-refractivity contribution in [3.05, 3.63) is 0 Å². The molecule has 0 spiro atoms. The largest absolute Gasteiger partial charge is 0.481 e. The Kier molecular flexibility index (Phi) is 0.759. The molecular formula is C2H4O2. The standard InChI is InChI=1S/C2H4O2/c1-2(3)4/h1H3,(H,3,4)/i2-3. The fourth-order valence-electron chi connectivity index (χ4n) is 0. The first-order valence-electron chi connectivity index (χ1n) is 0.928.